The molecular weight excluding hydrogens is 260 g/mol. The molecule has 1 heterocycles. The van der Waals surface area contributed by atoms with Gasteiger partial charge in [-0.25, -0.2) is 0 Å². The van der Waals surface area contributed by atoms with Crippen molar-refractivity contribution in [3.63, 3.8) is 0 Å². The Morgan fingerprint density at radius 2 is 1.95 bits per heavy atom. The predicted octanol–water partition coefficient (Wildman–Crippen LogP) is 3.15. The molecule has 2 fully saturated rings. The molecule has 3 nitrogen and oxygen atoms in total. The Morgan fingerprint density at radius 3 is 2.52 bits per heavy atom. The van der Waals surface area contributed by atoms with E-state index in [0.29, 0.717) is 5.41 Å². The first-order valence-corrected chi connectivity index (χ1v) is 8.99. The Balaban J connectivity index is 1.83. The number of hydrogen-bond donors (Lipinski definition) is 1. The molecule has 0 spiro atoms. The molecule has 124 valence electrons. The first-order valence-electron chi connectivity index (χ1n) is 8.99. The van der Waals surface area contributed by atoms with Crippen LogP contribution in [-0.4, -0.2) is 50.8 Å². The highest BCUT2D eigenvalue weighted by Gasteiger charge is 2.37. The molecule has 2 aliphatic rings. The normalized spacial score (nSPS) is 34.0. The number of nitrogens with one attached hydrogen (secondary N) is 1. The van der Waals surface area contributed by atoms with Gasteiger partial charge < -0.3 is 15.0 Å². The second kappa shape index (κ2) is 7.94. The number of nitrogens with zero attached hydrogens (tertiary/aromatic N) is 1. The standard InChI is InChI=1S/C18H36N2O/c1-15(2)11-19-12-18(9-10-21-14-18)13-20(4)17-7-5-16(3)6-8-17/h15-17,19H,5-14H2,1-4H3. The fourth-order valence-electron chi connectivity index (χ4n) is 3.94. The molecule has 0 aromatic rings. The number of ether oxygens (including phenoxy) is 1. The topological polar surface area (TPSA) is 24.5 Å². The summed E-state index contributed by atoms with van der Waals surface area (Å²) in [5, 5.41) is 3.68. The maximum absolute atomic E-state index is 5.76. The van der Waals surface area contributed by atoms with Gasteiger partial charge in [0.25, 0.3) is 0 Å². The van der Waals surface area contributed by atoms with Gasteiger partial charge in [0.2, 0.25) is 0 Å². The van der Waals surface area contributed by atoms with Crippen LogP contribution in [0.25, 0.3) is 0 Å². The Hall–Kier alpha value is -0.120. The SMILES string of the molecule is CC(C)CNCC1(CN(C)C2CCC(C)CC2)CCOC1. The van der Waals surface area contributed by atoms with E-state index >= 15 is 0 Å². The summed E-state index contributed by atoms with van der Waals surface area (Å²) >= 11 is 0. The monoisotopic (exact) mass is 296 g/mol. The number of hydrogen-bond acceptors (Lipinski definition) is 3. The van der Waals surface area contributed by atoms with Crippen molar-refractivity contribution in [2.75, 3.05) is 39.9 Å². The van der Waals surface area contributed by atoms with Crippen LogP contribution in [0.1, 0.15) is 52.9 Å². The molecule has 0 bridgehead atoms. The average molecular weight is 296 g/mol. The van der Waals surface area contributed by atoms with Crippen molar-refractivity contribution < 1.29 is 4.74 Å². The summed E-state index contributed by atoms with van der Waals surface area (Å²) < 4.78 is 5.76. The summed E-state index contributed by atoms with van der Waals surface area (Å²) in [7, 11) is 2.34. The molecule has 0 aromatic carbocycles. The minimum Gasteiger partial charge on any atom is -0.381 e. The van der Waals surface area contributed by atoms with Crippen LogP contribution in [0.5, 0.6) is 0 Å². The van der Waals surface area contributed by atoms with Crippen LogP contribution in [0.3, 0.4) is 0 Å². The fraction of sp³-hybridized carbons (Fsp3) is 1.00. The molecule has 1 N–H and O–H groups in total. The van der Waals surface area contributed by atoms with E-state index in [4.69, 9.17) is 4.74 Å². The second-order valence-electron chi connectivity index (χ2n) is 8.16. The fourth-order valence-corrected chi connectivity index (χ4v) is 3.94. The molecule has 3 heteroatoms. The maximum Gasteiger partial charge on any atom is 0.0547 e. The largest absolute Gasteiger partial charge is 0.381 e. The third-order valence-corrected chi connectivity index (χ3v) is 5.43. The van der Waals surface area contributed by atoms with Crippen LogP contribution in [0.2, 0.25) is 0 Å². The van der Waals surface area contributed by atoms with Gasteiger partial charge in [-0.15, -0.1) is 0 Å². The average Bonchev–Trinajstić information content (AvgIpc) is 2.87. The lowest BCUT2D eigenvalue weighted by molar-refractivity contribution is 0.0834. The Kier molecular flexibility index (Phi) is 6.51. The molecule has 1 atom stereocenters. The molecule has 0 amide bonds. The summed E-state index contributed by atoms with van der Waals surface area (Å²) in [5.41, 5.74) is 0.340. The summed E-state index contributed by atoms with van der Waals surface area (Å²) in [6.07, 6.45) is 6.79. The maximum atomic E-state index is 5.76. The number of rotatable bonds is 7. The van der Waals surface area contributed by atoms with Gasteiger partial charge in [0, 0.05) is 31.2 Å². The highest BCUT2D eigenvalue weighted by Crippen LogP contribution is 2.32. The van der Waals surface area contributed by atoms with Gasteiger partial charge in [0.1, 0.15) is 0 Å². The van der Waals surface area contributed by atoms with Gasteiger partial charge in [-0.2, -0.15) is 0 Å². The zero-order valence-electron chi connectivity index (χ0n) is 14.7. The summed E-state index contributed by atoms with van der Waals surface area (Å²) in [6, 6.07) is 0.795. The molecule has 0 radical (unpaired) electrons. The van der Waals surface area contributed by atoms with Gasteiger partial charge in [-0.05, 0) is 57.5 Å². The highest BCUT2D eigenvalue weighted by molar-refractivity contribution is 4.90. The Bertz CT molecular complexity index is 292. The lowest BCUT2D eigenvalue weighted by Gasteiger charge is -2.39. The smallest absolute Gasteiger partial charge is 0.0547 e. The van der Waals surface area contributed by atoms with E-state index in [2.05, 4.69) is 38.0 Å². The van der Waals surface area contributed by atoms with E-state index in [9.17, 15) is 0 Å². The van der Waals surface area contributed by atoms with Crippen molar-refractivity contribution in [3.05, 3.63) is 0 Å². The lowest BCUT2D eigenvalue weighted by Crippen LogP contribution is -2.47. The molecule has 1 saturated carbocycles. The molecule has 1 aliphatic carbocycles. The first-order chi connectivity index (χ1) is 10.0. The van der Waals surface area contributed by atoms with Crippen LogP contribution in [0.15, 0.2) is 0 Å². The van der Waals surface area contributed by atoms with E-state index < -0.39 is 0 Å². The molecule has 2 rings (SSSR count). The van der Waals surface area contributed by atoms with E-state index in [1.54, 1.807) is 0 Å². The Labute approximate surface area is 131 Å². The zero-order valence-corrected chi connectivity index (χ0v) is 14.7. The van der Waals surface area contributed by atoms with Crippen LogP contribution >= 0.6 is 0 Å². The van der Waals surface area contributed by atoms with Crippen LogP contribution in [0.4, 0.5) is 0 Å². The van der Waals surface area contributed by atoms with E-state index in [0.717, 1.165) is 44.2 Å². The third-order valence-electron chi connectivity index (χ3n) is 5.43. The quantitative estimate of drug-likeness (QED) is 0.781. The molecule has 1 unspecified atom stereocenters. The van der Waals surface area contributed by atoms with Crippen LogP contribution in [0, 0.1) is 17.3 Å². The van der Waals surface area contributed by atoms with Crippen LogP contribution in [-0.2, 0) is 4.74 Å². The van der Waals surface area contributed by atoms with E-state index in [-0.39, 0.29) is 0 Å². The molecule has 1 saturated heterocycles. The van der Waals surface area contributed by atoms with Crippen molar-refractivity contribution in [1.82, 2.24) is 10.2 Å². The van der Waals surface area contributed by atoms with Gasteiger partial charge in [-0.1, -0.05) is 20.8 Å². The highest BCUT2D eigenvalue weighted by atomic mass is 16.5. The van der Waals surface area contributed by atoms with E-state index in [1.165, 1.54) is 38.6 Å². The molecule has 1 aliphatic heterocycles. The molecule has 0 aromatic heterocycles. The van der Waals surface area contributed by atoms with Crippen molar-refractivity contribution in [1.29, 1.82) is 0 Å². The predicted molar refractivity (Wildman–Crippen MR) is 89.6 cm³/mol. The van der Waals surface area contributed by atoms with Crippen molar-refractivity contribution in [2.45, 2.75) is 58.9 Å². The summed E-state index contributed by atoms with van der Waals surface area (Å²) in [4.78, 5) is 2.64. The van der Waals surface area contributed by atoms with Crippen LogP contribution < -0.4 is 5.32 Å². The van der Waals surface area contributed by atoms with Gasteiger partial charge in [-0.3, -0.25) is 0 Å². The van der Waals surface area contributed by atoms with Crippen molar-refractivity contribution in [3.8, 4) is 0 Å². The minimum atomic E-state index is 0.340. The molecular formula is C18H36N2O. The van der Waals surface area contributed by atoms with Gasteiger partial charge >= 0.3 is 0 Å². The second-order valence-corrected chi connectivity index (χ2v) is 8.16. The summed E-state index contributed by atoms with van der Waals surface area (Å²) in [6.45, 7) is 12.3. The van der Waals surface area contributed by atoms with Gasteiger partial charge in [0.05, 0.1) is 6.61 Å². The molecule has 21 heavy (non-hydrogen) atoms. The minimum absolute atomic E-state index is 0.340. The summed E-state index contributed by atoms with van der Waals surface area (Å²) in [5.74, 6) is 1.66. The Morgan fingerprint density at radius 1 is 1.24 bits per heavy atom. The van der Waals surface area contributed by atoms with Crippen molar-refractivity contribution in [2.24, 2.45) is 17.3 Å². The third kappa shape index (κ3) is 5.22. The lowest BCUT2D eigenvalue weighted by atomic mass is 9.83. The first kappa shape index (κ1) is 17.2. The van der Waals surface area contributed by atoms with Gasteiger partial charge in [0.15, 0.2) is 0 Å². The van der Waals surface area contributed by atoms with Crippen molar-refractivity contribution >= 4 is 0 Å². The van der Waals surface area contributed by atoms with E-state index in [1.807, 2.05) is 0 Å². The zero-order chi connectivity index (χ0) is 15.3.